The smallest absolute Gasteiger partial charge is 0.407 e. The van der Waals surface area contributed by atoms with Crippen LogP contribution >= 0.6 is 0 Å². The van der Waals surface area contributed by atoms with Crippen molar-refractivity contribution in [3.8, 4) is 18.8 Å². The lowest BCUT2D eigenvalue weighted by Gasteiger charge is -2.28. The van der Waals surface area contributed by atoms with E-state index in [1.165, 1.54) is 19.1 Å². The van der Waals surface area contributed by atoms with Crippen molar-refractivity contribution >= 4 is 72.3 Å². The molecule has 0 aliphatic carbocycles. The molecule has 42 heteroatoms. The maximum atomic E-state index is 12.7. The van der Waals surface area contributed by atoms with Crippen LogP contribution in [0.2, 0.25) is 0 Å². The molecule has 0 aromatic rings. The van der Waals surface area contributed by atoms with Crippen molar-refractivity contribution in [2.45, 2.75) is 334 Å². The number of amides is 3. The molecule has 42 nitrogen and oxygen atoms in total. The fourth-order valence-corrected chi connectivity index (χ4v) is 17.8. The number of ether oxygens (including phenoxy) is 18. The molecule has 6 unspecified atom stereocenters. The van der Waals surface area contributed by atoms with Crippen LogP contribution in [0, 0.1) is 103 Å². The number of carbonyl (C=O) groups excluding carboxylic acids is 12. The van der Waals surface area contributed by atoms with E-state index in [1.807, 2.05) is 34.6 Å². The molecule has 6 rings (SSSR count). The number of hydrogen-bond donors (Lipinski definition) is 6. The Balaban J connectivity index is 0.00000103. The number of nitrogens with one attached hydrogen (secondary N) is 3. The van der Waals surface area contributed by atoms with Crippen LogP contribution in [0.15, 0.2) is 51.4 Å². The lowest BCUT2D eigenvalue weighted by Crippen LogP contribution is -2.38. The highest BCUT2D eigenvalue weighted by molar-refractivity contribution is 5.87. The van der Waals surface area contributed by atoms with Crippen molar-refractivity contribution in [1.82, 2.24) is 16.0 Å². The molecule has 0 spiro atoms. The SMILES string of the molecule is C=C(C)C(=O)OCCO.C=C(C)C(=O)OCCOC(=O)CCC(C)(C)CC(C)CCNC(=O)O[C@@H]1CO[C@H]2[C@@H]1OC[C@@H]2OC(=O)CCCC(C)CC(C)(C)CNC(=O)OCCOC(=O)C(=C)C.CC(CCCC(=O)O[C@H]1CO[C@H]2[C@@H]1OC[C@H]2OC(=O)NCCC(C)CC(C)(C)COC#N)CC(C)(C)CN=C=O.CC(CCN=C=O)CC(C)(C)COC#N.CC(COC#N)CC(C)(C)CCN=C=O.O[C@@H]1CO[C@H]2[C@@H]1OC[C@@H]2O. The number of fused-ring (bicyclic) bond motifs is 3. The molecule has 0 radical (unpaired) electrons. The number of nitriles is 3. The van der Waals surface area contributed by atoms with E-state index >= 15 is 0 Å². The molecule has 147 heavy (non-hydrogen) atoms. The van der Waals surface area contributed by atoms with Crippen molar-refractivity contribution in [3.63, 3.8) is 0 Å². The topological polar surface area (TPSA) is 576 Å². The summed E-state index contributed by atoms with van der Waals surface area (Å²) >= 11 is 0. The maximum absolute atomic E-state index is 12.7. The van der Waals surface area contributed by atoms with E-state index in [1.54, 1.807) is 38.7 Å². The van der Waals surface area contributed by atoms with Crippen LogP contribution in [0.5, 0.6) is 0 Å². The Labute approximate surface area is 868 Å². The third-order valence-corrected chi connectivity index (χ3v) is 24.4. The van der Waals surface area contributed by atoms with Crippen LogP contribution in [0.25, 0.3) is 0 Å². The van der Waals surface area contributed by atoms with Crippen molar-refractivity contribution in [1.29, 1.82) is 15.8 Å². The van der Waals surface area contributed by atoms with E-state index in [-0.39, 0.29) is 178 Å². The molecule has 6 fully saturated rings. The van der Waals surface area contributed by atoms with E-state index < -0.39 is 97.2 Å². The summed E-state index contributed by atoms with van der Waals surface area (Å²) in [6.07, 6.45) is 14.9. The first-order chi connectivity index (χ1) is 69.0. The van der Waals surface area contributed by atoms with E-state index in [0.717, 1.165) is 70.6 Å². The summed E-state index contributed by atoms with van der Waals surface area (Å²) in [6.45, 7) is 57.4. The second kappa shape index (κ2) is 72.0. The molecule has 0 bridgehead atoms. The molecule has 0 aromatic carbocycles. The number of rotatable bonds is 60. The van der Waals surface area contributed by atoms with Gasteiger partial charge in [-0.25, -0.2) is 58.1 Å². The summed E-state index contributed by atoms with van der Waals surface area (Å²) in [6, 6.07) is 0. The van der Waals surface area contributed by atoms with Crippen LogP contribution in [0.1, 0.15) is 261 Å². The fraction of sp³-hybridized carbons (Fsp3) is 0.800. The van der Waals surface area contributed by atoms with E-state index in [0.29, 0.717) is 120 Å². The molecule has 834 valence electrons. The zero-order valence-corrected chi connectivity index (χ0v) is 90.9. The van der Waals surface area contributed by atoms with Crippen LogP contribution in [0.3, 0.4) is 0 Å². The number of carbonyl (C=O) groups is 9. The second-order valence-corrected chi connectivity index (χ2v) is 43.7. The van der Waals surface area contributed by atoms with Gasteiger partial charge >= 0.3 is 54.1 Å². The Morgan fingerprint density at radius 2 is 0.728 bits per heavy atom. The quantitative estimate of drug-likeness (QED) is 0.00626. The Morgan fingerprint density at radius 1 is 0.381 bits per heavy atom. The second-order valence-electron chi connectivity index (χ2n) is 43.7. The largest absolute Gasteiger partial charge is 0.462 e. The number of esters is 6. The predicted octanol–water partition coefficient (Wildman–Crippen LogP) is 13.2. The maximum Gasteiger partial charge on any atom is 0.407 e. The van der Waals surface area contributed by atoms with Crippen molar-refractivity contribution in [3.05, 3.63) is 36.5 Å². The predicted molar refractivity (Wildman–Crippen MR) is 536 cm³/mol. The Bertz CT molecular complexity index is 4160. The lowest BCUT2D eigenvalue weighted by atomic mass is 9.79. The number of alkyl carbamates (subject to hydrolysis) is 3. The molecule has 6 aliphatic rings. The van der Waals surface area contributed by atoms with E-state index in [4.69, 9.17) is 107 Å². The number of isocyanates is 3. The van der Waals surface area contributed by atoms with Gasteiger partial charge in [0.1, 0.15) is 102 Å². The van der Waals surface area contributed by atoms with Crippen molar-refractivity contribution in [2.24, 2.45) is 83.0 Å². The highest BCUT2D eigenvalue weighted by Crippen LogP contribution is 2.38. The average Bonchev–Trinajstić information content (AvgIpc) is 1.64. The van der Waals surface area contributed by atoms with Crippen molar-refractivity contribution in [2.75, 3.05) is 138 Å². The molecule has 3 amide bonds. The van der Waals surface area contributed by atoms with Gasteiger partial charge in [0.2, 0.25) is 18.2 Å². The third-order valence-electron chi connectivity index (χ3n) is 24.4. The Hall–Kier alpha value is -10.5. The van der Waals surface area contributed by atoms with Gasteiger partial charge < -0.3 is 117 Å². The van der Waals surface area contributed by atoms with E-state index in [9.17, 15) is 57.5 Å². The van der Waals surface area contributed by atoms with Gasteiger partial charge in [0.15, 0.2) is 24.4 Å². The van der Waals surface area contributed by atoms with Gasteiger partial charge in [-0.15, -0.1) is 0 Å². The Kier molecular flexibility index (Phi) is 65.9. The van der Waals surface area contributed by atoms with Gasteiger partial charge in [-0.3, -0.25) is 14.4 Å². The monoisotopic (exact) mass is 2090 g/mol. The van der Waals surface area contributed by atoms with Crippen LogP contribution in [-0.2, 0) is 128 Å². The minimum absolute atomic E-state index is 0.00193. The highest BCUT2D eigenvalue weighted by Gasteiger charge is 2.53. The van der Waals surface area contributed by atoms with E-state index in [2.05, 4.69) is 150 Å². The van der Waals surface area contributed by atoms with Gasteiger partial charge in [-0.05, 0) is 161 Å². The first-order valence-corrected chi connectivity index (χ1v) is 50.7. The normalized spacial score (nSPS) is 21.0. The number of aliphatic imine (C=N–C) groups is 3. The minimum Gasteiger partial charge on any atom is -0.462 e. The minimum atomic E-state index is -0.630. The zero-order valence-electron chi connectivity index (χ0n) is 90.9. The zero-order chi connectivity index (χ0) is 111. The average molecular weight is 2090 g/mol. The molecule has 0 aromatic heterocycles. The molecule has 6 heterocycles. The molecular formula is C105H171N9O33. The molecule has 0 saturated carbocycles. The molecule has 18 atom stereocenters. The first kappa shape index (κ1) is 135. The summed E-state index contributed by atoms with van der Waals surface area (Å²) in [4.78, 5) is 149. The molecule has 6 N–H and O–H groups in total. The number of hydrogen-bond acceptors (Lipinski definition) is 39. The lowest BCUT2D eigenvalue weighted by molar-refractivity contribution is -0.154. The van der Waals surface area contributed by atoms with Crippen LogP contribution in [0.4, 0.5) is 14.4 Å². The summed E-state index contributed by atoms with van der Waals surface area (Å²) < 4.78 is 94.7. The summed E-state index contributed by atoms with van der Waals surface area (Å²) in [7, 11) is 0. The summed E-state index contributed by atoms with van der Waals surface area (Å²) in [5, 5.41) is 60.0. The first-order valence-electron chi connectivity index (χ1n) is 50.7. The van der Waals surface area contributed by atoms with Crippen molar-refractivity contribution < 1.29 is 158 Å². The van der Waals surface area contributed by atoms with Crippen LogP contribution in [-0.4, -0.2) is 299 Å². The number of aliphatic hydroxyl groups excluding tert-OH is 3. The standard InChI is InChI=1S/C42H68N2O14.C29H47N3O8.2C11H18N2O2.C6H10O4.C6H10O3/c1-27(2)37(47)52-19-18-51-33(45)14-16-41(7,8)22-30(6)15-17-43-40(50)58-32-25-56-35-31(24-55-36(32)35)57-34(46)13-11-12-29(5)23-42(9,10)26-44-39(49)54-21-20-53-38(48)28(3)4;1-20(12-28(3,4)16-31-19-33)8-7-9-24(34)39-22-14-37-26-23(15-38-25(22)26)40-27(35)32-11-10-21(2)13-29(5,6)17-36-18-30;1-10(7-15-8-12)6-11(2,3)4-5-13-9-14;1-10(4-5-13-9-14)6-11(2,3)7-15-8-12;7-3-1-9-6-4(8)2-10-5(3)6;1-5(2)6(8)9-4-3-7/h29-32,35-36H,1,3,11-26H2,2,4-10H3,(H,43,50)(H,44,49);20-23,25-26H,7-17H2,1-6H3,(H,32,35);2*10H,4-7H2,1-3H3;3-8H,1-2H2;7H,1,3-4H2,2H3/t29?,30?,31-,32+,35+,36+;20?,21?,22-,23+,25+,26+;;;3-,4+,5-,6-;/m00..1./s1. The van der Waals surface area contributed by atoms with Gasteiger partial charge in [0.05, 0.1) is 65.9 Å². The summed E-state index contributed by atoms with van der Waals surface area (Å²) in [5.74, 6) is -0.472. The fourth-order valence-electron chi connectivity index (χ4n) is 17.8. The van der Waals surface area contributed by atoms with Gasteiger partial charge in [-0.1, -0.05) is 157 Å². The Morgan fingerprint density at radius 3 is 1.14 bits per heavy atom. The van der Waals surface area contributed by atoms with Gasteiger partial charge in [0, 0.05) is 66.4 Å². The number of aliphatic hydroxyl groups is 3. The summed E-state index contributed by atoms with van der Waals surface area (Å²) in [5.41, 5.74) is 0.427. The third kappa shape index (κ3) is 61.9. The highest BCUT2D eigenvalue weighted by atomic mass is 16.7. The van der Waals surface area contributed by atoms with Crippen LogP contribution < -0.4 is 16.0 Å². The van der Waals surface area contributed by atoms with Gasteiger partial charge in [-0.2, -0.15) is 15.8 Å². The molecule has 6 saturated heterocycles. The molecule has 6 aliphatic heterocycles. The number of nitrogens with zero attached hydrogens (tertiary/aromatic N) is 6. The van der Waals surface area contributed by atoms with Gasteiger partial charge in [0.25, 0.3) is 18.8 Å². The molecular weight excluding hydrogens is 1920 g/mol.